The molecule has 0 spiro atoms. The molecule has 15 atom stereocenters. The predicted molar refractivity (Wildman–Crippen MR) is 206 cm³/mol. The molecule has 5 saturated heterocycles. The lowest BCUT2D eigenvalue weighted by Crippen LogP contribution is -2.61. The summed E-state index contributed by atoms with van der Waals surface area (Å²) in [5.74, 6) is -4.85. The van der Waals surface area contributed by atoms with Crippen LogP contribution in [-0.2, 0) is 38.0 Å². The minimum Gasteiger partial charge on any atom is -0.458 e. The molecule has 0 aromatic carbocycles. The number of nitrogens with one attached hydrogen (secondary N) is 1. The van der Waals surface area contributed by atoms with Crippen LogP contribution in [-0.4, -0.2) is 143 Å². The summed E-state index contributed by atoms with van der Waals surface area (Å²) in [6.45, 7) is 14.4. The average Bonchev–Trinajstić information content (AvgIpc) is 3.45. The zero-order valence-electron chi connectivity index (χ0n) is 34.9. The van der Waals surface area contributed by atoms with Crippen molar-refractivity contribution in [2.45, 2.75) is 135 Å². The van der Waals surface area contributed by atoms with Crippen LogP contribution >= 0.6 is 0 Å². The third kappa shape index (κ3) is 8.35. The van der Waals surface area contributed by atoms with Gasteiger partial charge in [0.05, 0.1) is 61.3 Å². The molecular formula is C41H61N5O11. The van der Waals surface area contributed by atoms with Crippen molar-refractivity contribution in [2.24, 2.45) is 34.7 Å². The number of hydrogen-bond donors (Lipinski definition) is 2. The fourth-order valence-electron chi connectivity index (χ4n) is 9.89. The van der Waals surface area contributed by atoms with Crippen LogP contribution in [0.1, 0.15) is 85.1 Å². The highest BCUT2D eigenvalue weighted by molar-refractivity contribution is 5.96. The number of hydrazone groups is 1. The number of Topliss-reactive ketones (excluding diaryl/α,β-unsaturated/α-hetero) is 1. The first-order chi connectivity index (χ1) is 26.9. The maximum Gasteiger partial charge on any atom is 0.411 e. The Morgan fingerprint density at radius 2 is 1.84 bits per heavy atom. The van der Waals surface area contributed by atoms with Crippen molar-refractivity contribution in [1.29, 1.82) is 0 Å². The summed E-state index contributed by atoms with van der Waals surface area (Å²) in [5, 5.41) is 16.3. The summed E-state index contributed by atoms with van der Waals surface area (Å²) in [6.07, 6.45) is -3.16. The minimum atomic E-state index is -1.43. The number of aromatic nitrogens is 1. The van der Waals surface area contributed by atoms with Crippen molar-refractivity contribution < 1.29 is 52.7 Å². The first-order valence-corrected chi connectivity index (χ1v) is 20.3. The van der Waals surface area contributed by atoms with E-state index in [1.807, 2.05) is 53.6 Å². The third-order valence-electron chi connectivity index (χ3n) is 13.0. The summed E-state index contributed by atoms with van der Waals surface area (Å²) in [7, 11) is 3.80. The largest absolute Gasteiger partial charge is 0.458 e. The molecule has 16 heteroatoms. The number of nitrogens with zero attached hydrogens (tertiary/aromatic N) is 4. The van der Waals surface area contributed by atoms with Gasteiger partial charge in [-0.05, 0) is 73.2 Å². The molecule has 1 aromatic heterocycles. The van der Waals surface area contributed by atoms with Crippen molar-refractivity contribution >= 4 is 29.5 Å². The molecule has 5 aliphatic rings. The highest BCUT2D eigenvalue weighted by Gasteiger charge is 2.61. The Morgan fingerprint density at radius 1 is 1.11 bits per heavy atom. The fraction of sp³-hybridized carbons (Fsp3) is 0.756. The van der Waals surface area contributed by atoms with Gasteiger partial charge in [-0.2, -0.15) is 5.10 Å². The second-order valence-electron chi connectivity index (χ2n) is 17.4. The topological polar surface area (TPSA) is 188 Å². The number of carbonyl (C=O) groups is 4. The molecular weight excluding hydrogens is 738 g/mol. The highest BCUT2D eigenvalue weighted by Crippen LogP contribution is 2.45. The fourth-order valence-corrected chi connectivity index (χ4v) is 9.89. The number of fused-ring (bicyclic) bond motifs is 5. The Balaban J connectivity index is 1.54. The van der Waals surface area contributed by atoms with Crippen LogP contribution in [0.4, 0.5) is 4.79 Å². The number of likely N-dealkylation sites (N-methyl/N-ethyl adjacent to an activating group) is 1. The first kappa shape index (κ1) is 43.0. The van der Waals surface area contributed by atoms with E-state index in [0.717, 1.165) is 0 Å². The molecule has 16 nitrogen and oxygen atoms in total. The van der Waals surface area contributed by atoms with Crippen molar-refractivity contribution in [3.63, 3.8) is 0 Å². The van der Waals surface area contributed by atoms with E-state index in [0.29, 0.717) is 12.1 Å². The van der Waals surface area contributed by atoms with Crippen LogP contribution in [0.3, 0.4) is 0 Å². The number of rotatable bonds is 6. The van der Waals surface area contributed by atoms with Gasteiger partial charge in [0.1, 0.15) is 23.7 Å². The lowest BCUT2D eigenvalue weighted by atomic mass is 9.73. The number of aliphatic hydroxyl groups excluding tert-OH is 1. The molecule has 0 radical (unpaired) electrons. The van der Waals surface area contributed by atoms with Crippen LogP contribution < -0.4 is 5.43 Å². The Bertz CT molecular complexity index is 1680. The molecule has 2 N–H and O–H groups in total. The number of aliphatic hydroxyl groups is 1. The minimum absolute atomic E-state index is 0.0257. The van der Waals surface area contributed by atoms with E-state index in [1.165, 1.54) is 11.1 Å². The molecule has 0 saturated carbocycles. The van der Waals surface area contributed by atoms with E-state index in [-0.39, 0.29) is 56.2 Å². The van der Waals surface area contributed by atoms with Crippen LogP contribution in [0.25, 0.3) is 0 Å². The summed E-state index contributed by atoms with van der Waals surface area (Å²) < 4.78 is 39.5. The van der Waals surface area contributed by atoms with Gasteiger partial charge in [-0.1, -0.05) is 33.8 Å². The molecule has 316 valence electrons. The SMILES string of the molecule is CC[C@H]1OC(=O)[C@H](C)[C@H]2OCC3COC(C)(C[C@@H](C)C(=O)[C@H](C)[C@@H]4N(C/C3=N/NC(=O)c3ccccn3)C(=O)OC41C)[C@H](O[C@@H]1O[C@H](C)C[C@H](N(C)C)[C@H]1O)[C@H]2C. The Hall–Kier alpha value is -3.54. The number of cyclic esters (lactones) is 1. The van der Waals surface area contributed by atoms with E-state index in [4.69, 9.17) is 28.4 Å². The normalized spacial score (nSPS) is 42.5. The number of esters is 1. The number of hydrogen-bond acceptors (Lipinski definition) is 14. The smallest absolute Gasteiger partial charge is 0.411 e. The summed E-state index contributed by atoms with van der Waals surface area (Å²) in [4.78, 5) is 64.1. The van der Waals surface area contributed by atoms with Gasteiger partial charge in [0.2, 0.25) is 0 Å². The van der Waals surface area contributed by atoms with Gasteiger partial charge >= 0.3 is 12.1 Å². The number of ketones is 1. The number of amides is 2. The van der Waals surface area contributed by atoms with Gasteiger partial charge < -0.3 is 38.4 Å². The molecule has 2 amide bonds. The molecule has 6 heterocycles. The summed E-state index contributed by atoms with van der Waals surface area (Å²) >= 11 is 0. The Morgan fingerprint density at radius 3 is 2.51 bits per heavy atom. The number of carbonyl (C=O) groups excluding carboxylic acids is 4. The molecule has 0 aliphatic carbocycles. The Labute approximate surface area is 335 Å². The van der Waals surface area contributed by atoms with Crippen molar-refractivity contribution in [2.75, 3.05) is 33.9 Å². The van der Waals surface area contributed by atoms with Crippen molar-refractivity contribution in [3.8, 4) is 0 Å². The maximum atomic E-state index is 14.8. The zero-order valence-corrected chi connectivity index (χ0v) is 34.9. The van der Waals surface area contributed by atoms with Crippen LogP contribution in [0.2, 0.25) is 0 Å². The average molecular weight is 800 g/mol. The first-order valence-electron chi connectivity index (χ1n) is 20.3. The van der Waals surface area contributed by atoms with E-state index < -0.39 is 95.5 Å². The quantitative estimate of drug-likeness (QED) is 0.316. The molecule has 6 bridgehead atoms. The van der Waals surface area contributed by atoms with Crippen LogP contribution in [0, 0.1) is 29.6 Å². The van der Waals surface area contributed by atoms with Gasteiger partial charge in [0, 0.05) is 35.9 Å². The van der Waals surface area contributed by atoms with Gasteiger partial charge in [-0.25, -0.2) is 10.2 Å². The molecule has 57 heavy (non-hydrogen) atoms. The highest BCUT2D eigenvalue weighted by atomic mass is 16.7. The van der Waals surface area contributed by atoms with E-state index >= 15 is 0 Å². The maximum absolute atomic E-state index is 14.8. The third-order valence-corrected chi connectivity index (χ3v) is 13.0. The zero-order chi connectivity index (χ0) is 41.6. The van der Waals surface area contributed by atoms with E-state index in [2.05, 4.69) is 15.5 Å². The molecule has 3 unspecified atom stereocenters. The van der Waals surface area contributed by atoms with Crippen molar-refractivity contribution in [1.82, 2.24) is 20.2 Å². The van der Waals surface area contributed by atoms with Gasteiger partial charge in [-0.3, -0.25) is 24.3 Å². The summed E-state index contributed by atoms with van der Waals surface area (Å²) in [6, 6.07) is 3.78. The number of pyridine rings is 1. The van der Waals surface area contributed by atoms with Gasteiger partial charge in [0.25, 0.3) is 5.91 Å². The van der Waals surface area contributed by atoms with Crippen LogP contribution in [0.15, 0.2) is 29.5 Å². The van der Waals surface area contributed by atoms with Crippen LogP contribution in [0.5, 0.6) is 0 Å². The van der Waals surface area contributed by atoms with E-state index in [1.54, 1.807) is 39.0 Å². The standard InChI is InChI=1S/C41H61N5O11/c1-11-30-41(8)34-23(4)31(47)21(2)17-40(7)35(56-38-32(48)29(45(9)10)16-22(3)54-38)24(5)33(25(6)37(50)55-30)52-19-26(20-53-40)28(18-46(34)39(51)57-41)43-44-36(49)27-14-12-13-15-42-27/h12-15,21-26,29-30,32-35,38,48H,11,16-20H2,1-10H3,(H,44,49)/b43-28-/t21-,22-,23+,24+,25-,26?,29+,30-,32-,33+,34+,35-,38+,40?,41?/m1/s1. The lowest BCUT2D eigenvalue weighted by Gasteiger charge is -2.48. The second-order valence-corrected chi connectivity index (χ2v) is 17.4. The second kappa shape index (κ2) is 17.0. The van der Waals surface area contributed by atoms with Gasteiger partial charge in [-0.15, -0.1) is 0 Å². The Kier molecular flexibility index (Phi) is 12.8. The predicted octanol–water partition coefficient (Wildman–Crippen LogP) is 3.20. The molecule has 5 aliphatic heterocycles. The van der Waals surface area contributed by atoms with E-state index in [9.17, 15) is 24.3 Å². The molecule has 1 aromatic rings. The van der Waals surface area contributed by atoms with Gasteiger partial charge in [0.15, 0.2) is 11.9 Å². The van der Waals surface area contributed by atoms with Crippen molar-refractivity contribution in [3.05, 3.63) is 30.1 Å². The molecule has 5 fully saturated rings. The summed E-state index contributed by atoms with van der Waals surface area (Å²) in [5.41, 5.74) is 0.421. The number of ether oxygens (including phenoxy) is 6. The lowest BCUT2D eigenvalue weighted by molar-refractivity contribution is -0.302. The monoisotopic (exact) mass is 799 g/mol. The molecule has 6 rings (SSSR count).